The van der Waals surface area contributed by atoms with Crippen molar-refractivity contribution in [3.63, 3.8) is 0 Å². The Balaban J connectivity index is 1.42. The van der Waals surface area contributed by atoms with Gasteiger partial charge in [-0.15, -0.1) is 0 Å². The van der Waals surface area contributed by atoms with E-state index in [1.165, 1.54) is 0 Å². The molecule has 1 aliphatic heterocycles. The summed E-state index contributed by atoms with van der Waals surface area (Å²) in [4.78, 5) is 14.7. The minimum absolute atomic E-state index is 0.112. The summed E-state index contributed by atoms with van der Waals surface area (Å²) in [5.41, 5.74) is 0.867. The van der Waals surface area contributed by atoms with Crippen LogP contribution in [0.2, 0.25) is 0 Å². The Kier molecular flexibility index (Phi) is 8.60. The predicted molar refractivity (Wildman–Crippen MR) is 112 cm³/mol. The summed E-state index contributed by atoms with van der Waals surface area (Å²) in [6.07, 6.45) is -1.18. The fourth-order valence-corrected chi connectivity index (χ4v) is 4.42. The maximum absolute atomic E-state index is 13.0. The van der Waals surface area contributed by atoms with Gasteiger partial charge >= 0.3 is 6.18 Å². The first kappa shape index (κ1) is 23.9. The van der Waals surface area contributed by atoms with Gasteiger partial charge in [-0.3, -0.25) is 9.69 Å². The average Bonchev–Trinajstić information content (AvgIpc) is 2.78. The lowest BCUT2D eigenvalue weighted by molar-refractivity contribution is -0.186. The number of rotatable bonds is 8. The number of nitrogens with zero attached hydrogens (tertiary/aromatic N) is 1. The van der Waals surface area contributed by atoms with E-state index >= 15 is 0 Å². The van der Waals surface area contributed by atoms with Crippen molar-refractivity contribution >= 4 is 5.91 Å². The van der Waals surface area contributed by atoms with Gasteiger partial charge in [-0.2, -0.15) is 13.2 Å². The molecule has 0 aromatic heterocycles. The molecule has 0 bridgehead atoms. The SMILES string of the molecule is CN(CCOc1cccc(CNC(=O)C2CCCC(C(F)(F)F)C2)c1)C1CCOCC1. The Bertz CT molecular complexity index is 708. The molecule has 0 spiro atoms. The number of benzene rings is 1. The van der Waals surface area contributed by atoms with Crippen LogP contribution in [0.4, 0.5) is 13.2 Å². The molecule has 31 heavy (non-hydrogen) atoms. The summed E-state index contributed by atoms with van der Waals surface area (Å²) in [5.74, 6) is -1.51. The summed E-state index contributed by atoms with van der Waals surface area (Å²) >= 11 is 0. The second-order valence-corrected chi connectivity index (χ2v) is 8.64. The van der Waals surface area contributed by atoms with E-state index in [1.807, 2.05) is 24.3 Å². The van der Waals surface area contributed by atoms with Crippen LogP contribution in [0.1, 0.15) is 44.1 Å². The number of carbonyl (C=O) groups is 1. The van der Waals surface area contributed by atoms with Crippen molar-refractivity contribution in [2.45, 2.75) is 57.3 Å². The molecule has 1 aromatic rings. The maximum atomic E-state index is 13.0. The van der Waals surface area contributed by atoms with Crippen LogP contribution >= 0.6 is 0 Å². The molecule has 1 aromatic carbocycles. The standard InChI is InChI=1S/C23H33F3N2O3/c1-28(20-8-11-30-12-9-20)10-13-31-21-7-2-4-17(14-21)16-27-22(29)18-5-3-6-19(15-18)23(24,25)26/h2,4,7,14,18-20H,3,5-6,8-13,15-16H2,1H3,(H,27,29). The molecule has 5 nitrogen and oxygen atoms in total. The van der Waals surface area contributed by atoms with E-state index in [9.17, 15) is 18.0 Å². The third-order valence-electron chi connectivity index (χ3n) is 6.40. The second-order valence-electron chi connectivity index (χ2n) is 8.64. The topological polar surface area (TPSA) is 50.8 Å². The van der Waals surface area contributed by atoms with Crippen LogP contribution in [0.3, 0.4) is 0 Å². The normalized spacial score (nSPS) is 23.0. The smallest absolute Gasteiger partial charge is 0.391 e. The van der Waals surface area contributed by atoms with Gasteiger partial charge in [0.2, 0.25) is 5.91 Å². The lowest BCUT2D eigenvalue weighted by Gasteiger charge is -2.31. The summed E-state index contributed by atoms with van der Waals surface area (Å²) < 4.78 is 50.2. The highest BCUT2D eigenvalue weighted by Crippen LogP contribution is 2.39. The molecular formula is C23H33F3N2O3. The lowest BCUT2D eigenvalue weighted by Crippen LogP contribution is -2.38. The number of hydrogen-bond donors (Lipinski definition) is 1. The molecule has 1 heterocycles. The number of halogens is 3. The zero-order valence-electron chi connectivity index (χ0n) is 18.1. The maximum Gasteiger partial charge on any atom is 0.391 e. The molecule has 3 rings (SSSR count). The van der Waals surface area contributed by atoms with E-state index < -0.39 is 18.0 Å². The van der Waals surface area contributed by atoms with Crippen molar-refractivity contribution in [3.8, 4) is 5.75 Å². The average molecular weight is 443 g/mol. The van der Waals surface area contributed by atoms with Gasteiger partial charge in [0, 0.05) is 38.3 Å². The Morgan fingerprint density at radius 3 is 2.74 bits per heavy atom. The molecule has 2 aliphatic rings. The Morgan fingerprint density at radius 2 is 2.00 bits per heavy atom. The van der Waals surface area contributed by atoms with Gasteiger partial charge in [0.25, 0.3) is 0 Å². The highest BCUT2D eigenvalue weighted by Gasteiger charge is 2.43. The first-order valence-corrected chi connectivity index (χ1v) is 11.2. The van der Waals surface area contributed by atoms with E-state index in [2.05, 4.69) is 17.3 Å². The van der Waals surface area contributed by atoms with Gasteiger partial charge in [-0.1, -0.05) is 18.6 Å². The molecule has 1 aliphatic carbocycles. The molecule has 1 N–H and O–H groups in total. The monoisotopic (exact) mass is 442 g/mol. The highest BCUT2D eigenvalue weighted by atomic mass is 19.4. The molecule has 174 valence electrons. The van der Waals surface area contributed by atoms with Crippen molar-refractivity contribution in [3.05, 3.63) is 29.8 Å². The predicted octanol–water partition coefficient (Wildman–Crippen LogP) is 4.16. The van der Waals surface area contributed by atoms with Gasteiger partial charge in [0.1, 0.15) is 12.4 Å². The van der Waals surface area contributed by atoms with Gasteiger partial charge in [0.15, 0.2) is 0 Å². The number of ether oxygens (including phenoxy) is 2. The summed E-state index contributed by atoms with van der Waals surface area (Å²) in [5, 5.41) is 2.80. The molecule has 8 heteroatoms. The first-order valence-electron chi connectivity index (χ1n) is 11.2. The second kappa shape index (κ2) is 11.2. The number of nitrogens with one attached hydrogen (secondary N) is 1. The fourth-order valence-electron chi connectivity index (χ4n) is 4.42. The molecule has 2 unspecified atom stereocenters. The number of hydrogen-bond acceptors (Lipinski definition) is 4. The van der Waals surface area contributed by atoms with Gasteiger partial charge in [-0.25, -0.2) is 0 Å². The molecule has 1 saturated heterocycles. The van der Waals surface area contributed by atoms with Gasteiger partial charge in [-0.05, 0) is 56.8 Å². The molecule has 1 amide bonds. The summed E-state index contributed by atoms with van der Waals surface area (Å²) in [7, 11) is 2.10. The minimum Gasteiger partial charge on any atom is -0.492 e. The molecular weight excluding hydrogens is 409 g/mol. The van der Waals surface area contributed by atoms with E-state index in [0.717, 1.165) is 43.9 Å². The van der Waals surface area contributed by atoms with Crippen LogP contribution in [0.25, 0.3) is 0 Å². The quantitative estimate of drug-likeness (QED) is 0.657. The van der Waals surface area contributed by atoms with Crippen molar-refractivity contribution in [1.29, 1.82) is 0 Å². The third kappa shape index (κ3) is 7.38. The largest absolute Gasteiger partial charge is 0.492 e. The van der Waals surface area contributed by atoms with E-state index in [4.69, 9.17) is 9.47 Å². The molecule has 0 radical (unpaired) electrons. The zero-order valence-corrected chi connectivity index (χ0v) is 18.1. The van der Waals surface area contributed by atoms with Gasteiger partial charge in [0.05, 0.1) is 5.92 Å². The van der Waals surface area contributed by atoms with Crippen LogP contribution < -0.4 is 10.1 Å². The van der Waals surface area contributed by atoms with E-state index in [0.29, 0.717) is 25.5 Å². The van der Waals surface area contributed by atoms with Crippen LogP contribution in [0, 0.1) is 11.8 Å². The van der Waals surface area contributed by atoms with Crippen LogP contribution in [0.5, 0.6) is 5.75 Å². The van der Waals surface area contributed by atoms with Crippen molar-refractivity contribution in [2.75, 3.05) is 33.4 Å². The Hall–Kier alpha value is -1.80. The van der Waals surface area contributed by atoms with Gasteiger partial charge < -0.3 is 14.8 Å². The van der Waals surface area contributed by atoms with Crippen LogP contribution in [-0.4, -0.2) is 56.4 Å². The number of likely N-dealkylation sites (N-methyl/N-ethyl adjacent to an activating group) is 1. The van der Waals surface area contributed by atoms with E-state index in [1.54, 1.807) is 0 Å². The number of carbonyl (C=O) groups excluding carboxylic acids is 1. The van der Waals surface area contributed by atoms with Crippen molar-refractivity contribution < 1.29 is 27.4 Å². The number of amides is 1. The molecule has 1 saturated carbocycles. The summed E-state index contributed by atoms with van der Waals surface area (Å²) in [6, 6.07) is 8.00. The summed E-state index contributed by atoms with van der Waals surface area (Å²) in [6.45, 7) is 3.27. The first-order chi connectivity index (χ1) is 14.8. The number of alkyl halides is 3. The highest BCUT2D eigenvalue weighted by molar-refractivity contribution is 5.78. The van der Waals surface area contributed by atoms with Crippen LogP contribution in [0.15, 0.2) is 24.3 Å². The molecule has 2 atom stereocenters. The van der Waals surface area contributed by atoms with Crippen molar-refractivity contribution in [1.82, 2.24) is 10.2 Å². The molecule has 2 fully saturated rings. The lowest BCUT2D eigenvalue weighted by atomic mass is 9.80. The Labute approximate surface area is 182 Å². The van der Waals surface area contributed by atoms with Crippen LogP contribution in [-0.2, 0) is 16.1 Å². The van der Waals surface area contributed by atoms with Crippen molar-refractivity contribution in [2.24, 2.45) is 11.8 Å². The minimum atomic E-state index is -4.22. The Morgan fingerprint density at radius 1 is 1.23 bits per heavy atom. The zero-order chi connectivity index (χ0) is 22.3. The third-order valence-corrected chi connectivity index (χ3v) is 6.40. The van der Waals surface area contributed by atoms with E-state index in [-0.39, 0.29) is 25.3 Å². The fraction of sp³-hybridized carbons (Fsp3) is 0.696.